The van der Waals surface area contributed by atoms with E-state index in [-0.39, 0.29) is 11.8 Å². The fourth-order valence-electron chi connectivity index (χ4n) is 2.80. The molecule has 2 aromatic carbocycles. The molecule has 1 aliphatic heterocycles. The molecule has 0 radical (unpaired) electrons. The number of carbonyl (C=O) groups is 1. The third kappa shape index (κ3) is 2.03. The Bertz CT molecular complexity index is 618. The predicted octanol–water partition coefficient (Wildman–Crippen LogP) is 3.49. The molecule has 0 aliphatic carbocycles. The summed E-state index contributed by atoms with van der Waals surface area (Å²) in [6, 6.07) is 16.6. The van der Waals surface area contributed by atoms with Gasteiger partial charge in [0.25, 0.3) is 0 Å². The first kappa shape index (κ1) is 12.0. The average molecular weight is 251 g/mol. The highest BCUT2D eigenvalue weighted by molar-refractivity contribution is 5.97. The molecule has 2 heteroatoms. The lowest BCUT2D eigenvalue weighted by Crippen LogP contribution is -2.33. The van der Waals surface area contributed by atoms with Crippen LogP contribution in [0.5, 0.6) is 0 Å². The molecule has 0 spiro atoms. The highest BCUT2D eigenvalue weighted by Crippen LogP contribution is 2.39. The minimum Gasteiger partial charge on any atom is -0.315 e. The van der Waals surface area contributed by atoms with Crippen LogP contribution in [-0.4, -0.2) is 13.0 Å². The van der Waals surface area contributed by atoms with E-state index in [1.54, 1.807) is 4.90 Å². The van der Waals surface area contributed by atoms with Crippen molar-refractivity contribution >= 4 is 11.6 Å². The van der Waals surface area contributed by atoms with E-state index in [0.717, 1.165) is 5.69 Å². The number of amides is 1. The molecule has 1 aliphatic rings. The highest BCUT2D eigenvalue weighted by atomic mass is 16.2. The smallest absolute Gasteiger partial charge is 0.227 e. The van der Waals surface area contributed by atoms with E-state index >= 15 is 0 Å². The first-order valence-corrected chi connectivity index (χ1v) is 6.59. The molecule has 0 saturated carbocycles. The molecule has 19 heavy (non-hydrogen) atoms. The molecular formula is C17H17NO. The van der Waals surface area contributed by atoms with E-state index in [1.807, 2.05) is 25.2 Å². The van der Waals surface area contributed by atoms with Crippen molar-refractivity contribution in [3.05, 3.63) is 65.2 Å². The summed E-state index contributed by atoms with van der Waals surface area (Å²) in [6.45, 7) is 2.10. The van der Waals surface area contributed by atoms with Crippen molar-refractivity contribution in [2.75, 3.05) is 11.9 Å². The van der Waals surface area contributed by atoms with Crippen LogP contribution in [-0.2, 0) is 4.79 Å². The lowest BCUT2D eigenvalue weighted by Gasteiger charge is -2.32. The van der Waals surface area contributed by atoms with E-state index in [0.29, 0.717) is 6.42 Å². The third-order valence-corrected chi connectivity index (χ3v) is 3.87. The van der Waals surface area contributed by atoms with E-state index in [4.69, 9.17) is 0 Å². The number of rotatable bonds is 1. The van der Waals surface area contributed by atoms with Gasteiger partial charge in [0.05, 0.1) is 0 Å². The maximum atomic E-state index is 12.2. The molecular weight excluding hydrogens is 234 g/mol. The molecule has 0 bridgehead atoms. The zero-order valence-electron chi connectivity index (χ0n) is 11.3. The molecule has 96 valence electrons. The van der Waals surface area contributed by atoms with Gasteiger partial charge in [-0.2, -0.15) is 0 Å². The van der Waals surface area contributed by atoms with Gasteiger partial charge in [0, 0.05) is 25.1 Å². The summed E-state index contributed by atoms with van der Waals surface area (Å²) in [5, 5.41) is 0. The van der Waals surface area contributed by atoms with Gasteiger partial charge in [-0.1, -0.05) is 48.0 Å². The monoisotopic (exact) mass is 251 g/mol. The standard InChI is InChI=1S/C17H17NO/c1-12-8-9-16-15(10-12)14(11-17(19)18(16)2)13-6-4-3-5-7-13/h3-10,14H,11H2,1-2H3/t14-/m1/s1. The van der Waals surface area contributed by atoms with Crippen LogP contribution in [0.4, 0.5) is 5.69 Å². The lowest BCUT2D eigenvalue weighted by molar-refractivity contribution is -0.118. The topological polar surface area (TPSA) is 20.3 Å². The second-order valence-electron chi connectivity index (χ2n) is 5.18. The molecule has 0 N–H and O–H groups in total. The van der Waals surface area contributed by atoms with E-state index in [9.17, 15) is 4.79 Å². The number of anilines is 1. The van der Waals surface area contributed by atoms with Gasteiger partial charge in [-0.25, -0.2) is 0 Å². The Morgan fingerprint density at radius 1 is 1.11 bits per heavy atom. The summed E-state index contributed by atoms with van der Waals surface area (Å²) in [4.78, 5) is 13.9. The van der Waals surface area contributed by atoms with Gasteiger partial charge in [-0.3, -0.25) is 4.79 Å². The lowest BCUT2D eigenvalue weighted by atomic mass is 9.83. The maximum Gasteiger partial charge on any atom is 0.227 e. The van der Waals surface area contributed by atoms with Crippen molar-refractivity contribution in [2.45, 2.75) is 19.3 Å². The van der Waals surface area contributed by atoms with Crippen LogP contribution >= 0.6 is 0 Å². The number of hydrogen-bond donors (Lipinski definition) is 0. The van der Waals surface area contributed by atoms with Crippen molar-refractivity contribution < 1.29 is 4.79 Å². The van der Waals surface area contributed by atoms with Crippen LogP contribution in [0.1, 0.15) is 29.0 Å². The van der Waals surface area contributed by atoms with Gasteiger partial charge < -0.3 is 4.90 Å². The quantitative estimate of drug-likeness (QED) is 0.759. The summed E-state index contributed by atoms with van der Waals surface area (Å²) < 4.78 is 0. The van der Waals surface area contributed by atoms with Crippen molar-refractivity contribution in [3.8, 4) is 0 Å². The third-order valence-electron chi connectivity index (χ3n) is 3.87. The van der Waals surface area contributed by atoms with Crippen LogP contribution in [0.25, 0.3) is 0 Å². The zero-order valence-corrected chi connectivity index (χ0v) is 11.3. The van der Waals surface area contributed by atoms with Crippen LogP contribution in [0.2, 0.25) is 0 Å². The van der Waals surface area contributed by atoms with Crippen molar-refractivity contribution in [3.63, 3.8) is 0 Å². The van der Waals surface area contributed by atoms with Crippen molar-refractivity contribution in [2.24, 2.45) is 0 Å². The van der Waals surface area contributed by atoms with Crippen molar-refractivity contribution in [1.82, 2.24) is 0 Å². The summed E-state index contributed by atoms with van der Waals surface area (Å²) >= 11 is 0. The van der Waals surface area contributed by atoms with Gasteiger partial charge in [-0.15, -0.1) is 0 Å². The normalized spacial score (nSPS) is 18.3. The SMILES string of the molecule is Cc1ccc2c(c1)[C@@H](c1ccccc1)CC(=O)N2C. The molecule has 3 rings (SSSR count). The Hall–Kier alpha value is -2.09. The Morgan fingerprint density at radius 2 is 1.84 bits per heavy atom. The first-order valence-electron chi connectivity index (χ1n) is 6.59. The average Bonchev–Trinajstić information content (AvgIpc) is 2.43. The summed E-state index contributed by atoms with van der Waals surface area (Å²) in [5.74, 6) is 0.366. The maximum absolute atomic E-state index is 12.2. The molecule has 1 atom stereocenters. The molecule has 1 amide bonds. The van der Waals surface area contributed by atoms with Crippen LogP contribution in [0.15, 0.2) is 48.5 Å². The molecule has 2 aromatic rings. The number of hydrogen-bond acceptors (Lipinski definition) is 1. The largest absolute Gasteiger partial charge is 0.315 e. The highest BCUT2D eigenvalue weighted by Gasteiger charge is 2.29. The number of aryl methyl sites for hydroxylation is 1. The van der Waals surface area contributed by atoms with Crippen LogP contribution in [0, 0.1) is 6.92 Å². The molecule has 0 saturated heterocycles. The summed E-state index contributed by atoms with van der Waals surface area (Å²) in [7, 11) is 1.86. The second kappa shape index (κ2) is 4.54. The van der Waals surface area contributed by atoms with Gasteiger partial charge in [0.15, 0.2) is 0 Å². The minimum absolute atomic E-state index is 0.180. The Morgan fingerprint density at radius 3 is 2.58 bits per heavy atom. The number of benzene rings is 2. The van der Waals surface area contributed by atoms with Crippen LogP contribution in [0.3, 0.4) is 0 Å². The Kier molecular flexibility index (Phi) is 2.86. The van der Waals surface area contributed by atoms with E-state index < -0.39 is 0 Å². The van der Waals surface area contributed by atoms with Crippen molar-refractivity contribution in [1.29, 1.82) is 0 Å². The minimum atomic E-state index is 0.180. The van der Waals surface area contributed by atoms with E-state index in [2.05, 4.69) is 37.3 Å². The number of fused-ring (bicyclic) bond motifs is 1. The van der Waals surface area contributed by atoms with Crippen LogP contribution < -0.4 is 4.90 Å². The Labute approximate surface area is 113 Å². The van der Waals surface area contributed by atoms with Gasteiger partial charge in [0.1, 0.15) is 0 Å². The molecule has 0 unspecified atom stereocenters. The molecule has 1 heterocycles. The number of carbonyl (C=O) groups excluding carboxylic acids is 1. The van der Waals surface area contributed by atoms with Gasteiger partial charge >= 0.3 is 0 Å². The number of nitrogens with zero attached hydrogens (tertiary/aromatic N) is 1. The van der Waals surface area contributed by atoms with Gasteiger partial charge in [-0.05, 0) is 24.1 Å². The summed E-state index contributed by atoms with van der Waals surface area (Å²) in [6.07, 6.45) is 0.553. The summed E-state index contributed by atoms with van der Waals surface area (Å²) in [5.41, 5.74) is 4.75. The fraction of sp³-hybridized carbons (Fsp3) is 0.235. The predicted molar refractivity (Wildman–Crippen MR) is 77.5 cm³/mol. The van der Waals surface area contributed by atoms with E-state index in [1.165, 1.54) is 16.7 Å². The molecule has 2 nitrogen and oxygen atoms in total. The van der Waals surface area contributed by atoms with Gasteiger partial charge in [0.2, 0.25) is 5.91 Å². The molecule has 0 fully saturated rings. The molecule has 0 aromatic heterocycles. The Balaban J connectivity index is 2.15. The second-order valence-corrected chi connectivity index (χ2v) is 5.18. The fourth-order valence-corrected chi connectivity index (χ4v) is 2.80. The zero-order chi connectivity index (χ0) is 13.4. The first-order chi connectivity index (χ1) is 9.16.